The van der Waals surface area contributed by atoms with E-state index in [1.807, 2.05) is 6.07 Å². The number of amides is 1. The number of benzene rings is 1. The lowest BCUT2D eigenvalue weighted by Gasteiger charge is -2.13. The number of halogens is 1. The van der Waals surface area contributed by atoms with Crippen molar-refractivity contribution in [3.05, 3.63) is 28.8 Å². The Morgan fingerprint density at radius 2 is 2.39 bits per heavy atom. The molecule has 18 heavy (non-hydrogen) atoms. The monoisotopic (exact) mass is 268 g/mol. The van der Waals surface area contributed by atoms with Crippen molar-refractivity contribution in [1.82, 2.24) is 5.32 Å². The Labute approximate surface area is 112 Å². The molecule has 0 aromatic heterocycles. The van der Waals surface area contributed by atoms with Gasteiger partial charge in [-0.3, -0.25) is 4.79 Å². The molecule has 1 unspecified atom stereocenters. The molecule has 98 valence electrons. The molecule has 4 nitrogen and oxygen atoms in total. The molecule has 1 heterocycles. The number of hydrogen-bond donors (Lipinski definition) is 2. The fraction of sp³-hybridized carbons (Fsp3) is 0.462. The highest BCUT2D eigenvalue weighted by atomic mass is 35.5. The van der Waals surface area contributed by atoms with Crippen molar-refractivity contribution in [2.45, 2.75) is 18.9 Å². The predicted octanol–water partition coefficient (Wildman–Crippen LogP) is 2.29. The van der Waals surface area contributed by atoms with Gasteiger partial charge in [0.2, 0.25) is 0 Å². The van der Waals surface area contributed by atoms with Crippen LogP contribution in [0.15, 0.2) is 18.2 Å². The number of ether oxygens (including phenoxy) is 1. The minimum Gasteiger partial charge on any atom is -0.382 e. The van der Waals surface area contributed by atoms with Crippen molar-refractivity contribution < 1.29 is 9.53 Å². The van der Waals surface area contributed by atoms with E-state index in [-0.39, 0.29) is 12.0 Å². The molecule has 1 fully saturated rings. The van der Waals surface area contributed by atoms with Crippen LogP contribution in [0.3, 0.4) is 0 Å². The highest BCUT2D eigenvalue weighted by Crippen LogP contribution is 2.21. The minimum atomic E-state index is -0.180. The van der Waals surface area contributed by atoms with Crippen molar-refractivity contribution in [3.63, 3.8) is 0 Å². The second-order valence-corrected chi connectivity index (χ2v) is 4.70. The van der Waals surface area contributed by atoms with E-state index in [9.17, 15) is 4.79 Å². The molecule has 0 spiro atoms. The van der Waals surface area contributed by atoms with Gasteiger partial charge in [-0.05, 0) is 31.0 Å². The van der Waals surface area contributed by atoms with Crippen LogP contribution in [0, 0.1) is 0 Å². The van der Waals surface area contributed by atoms with Crippen LogP contribution in [-0.2, 0) is 4.74 Å². The third-order valence-corrected chi connectivity index (χ3v) is 3.33. The van der Waals surface area contributed by atoms with Crippen LogP contribution in [-0.4, -0.2) is 32.2 Å². The average Bonchev–Trinajstić information content (AvgIpc) is 2.90. The number of rotatable bonds is 4. The first-order valence-corrected chi connectivity index (χ1v) is 6.45. The van der Waals surface area contributed by atoms with Crippen LogP contribution >= 0.6 is 11.6 Å². The van der Waals surface area contributed by atoms with E-state index >= 15 is 0 Å². The summed E-state index contributed by atoms with van der Waals surface area (Å²) in [4.78, 5) is 11.6. The maximum absolute atomic E-state index is 11.6. The number of hydrogen-bond acceptors (Lipinski definition) is 3. The summed E-state index contributed by atoms with van der Waals surface area (Å²) >= 11 is 5.98. The van der Waals surface area contributed by atoms with Crippen molar-refractivity contribution >= 4 is 23.2 Å². The molecule has 1 aromatic rings. The Morgan fingerprint density at radius 1 is 1.56 bits per heavy atom. The first-order chi connectivity index (χ1) is 8.70. The Kier molecular flexibility index (Phi) is 4.44. The molecule has 1 aromatic carbocycles. The number of carbonyl (C=O) groups is 1. The highest BCUT2D eigenvalue weighted by molar-refractivity contribution is 6.34. The summed E-state index contributed by atoms with van der Waals surface area (Å²) in [5.41, 5.74) is 1.37. The average molecular weight is 269 g/mol. The Morgan fingerprint density at radius 3 is 3.06 bits per heavy atom. The Hall–Kier alpha value is -1.26. The van der Waals surface area contributed by atoms with E-state index in [2.05, 4.69) is 10.6 Å². The number of nitrogens with one attached hydrogen (secondary N) is 2. The molecule has 0 saturated carbocycles. The zero-order valence-electron chi connectivity index (χ0n) is 10.3. The summed E-state index contributed by atoms with van der Waals surface area (Å²) in [5.74, 6) is -0.180. The van der Waals surface area contributed by atoms with Gasteiger partial charge < -0.3 is 15.4 Å². The fourth-order valence-corrected chi connectivity index (χ4v) is 2.18. The van der Waals surface area contributed by atoms with Gasteiger partial charge in [0.05, 0.1) is 16.7 Å². The van der Waals surface area contributed by atoms with Crippen molar-refractivity contribution in [2.75, 3.05) is 25.5 Å². The highest BCUT2D eigenvalue weighted by Gasteiger charge is 2.15. The van der Waals surface area contributed by atoms with Gasteiger partial charge in [0, 0.05) is 25.9 Å². The smallest absolute Gasteiger partial charge is 0.252 e. The van der Waals surface area contributed by atoms with E-state index in [0.717, 1.165) is 31.7 Å². The molecule has 0 bridgehead atoms. The van der Waals surface area contributed by atoms with Crippen molar-refractivity contribution in [1.29, 1.82) is 0 Å². The second kappa shape index (κ2) is 6.07. The lowest BCUT2D eigenvalue weighted by molar-refractivity contribution is 0.0963. The normalized spacial score (nSPS) is 18.7. The molecule has 0 aliphatic carbocycles. The first kappa shape index (κ1) is 13.2. The number of anilines is 1. The third kappa shape index (κ3) is 3.15. The van der Waals surface area contributed by atoms with Crippen LogP contribution in [0.25, 0.3) is 0 Å². The van der Waals surface area contributed by atoms with Crippen molar-refractivity contribution in [2.24, 2.45) is 0 Å². The maximum atomic E-state index is 11.6. The molecule has 2 rings (SSSR count). The van der Waals surface area contributed by atoms with Crippen molar-refractivity contribution in [3.8, 4) is 0 Å². The summed E-state index contributed by atoms with van der Waals surface area (Å²) in [6.45, 7) is 1.60. The summed E-state index contributed by atoms with van der Waals surface area (Å²) in [5, 5.41) is 6.30. The third-order valence-electron chi connectivity index (χ3n) is 3.00. The van der Waals surface area contributed by atoms with E-state index in [1.54, 1.807) is 19.2 Å². The Bertz CT molecular complexity index is 431. The summed E-state index contributed by atoms with van der Waals surface area (Å²) in [6, 6.07) is 5.35. The summed E-state index contributed by atoms with van der Waals surface area (Å²) < 4.78 is 5.53. The molecule has 1 saturated heterocycles. The largest absolute Gasteiger partial charge is 0.382 e. The van der Waals surface area contributed by atoms with Gasteiger partial charge in [-0.2, -0.15) is 0 Å². The first-order valence-electron chi connectivity index (χ1n) is 6.08. The summed E-state index contributed by atoms with van der Waals surface area (Å²) in [7, 11) is 1.59. The maximum Gasteiger partial charge on any atom is 0.252 e. The van der Waals surface area contributed by atoms with Crippen LogP contribution in [0.2, 0.25) is 5.02 Å². The molecule has 1 aliphatic heterocycles. The summed E-state index contributed by atoms with van der Waals surface area (Å²) in [6.07, 6.45) is 2.48. The zero-order valence-corrected chi connectivity index (χ0v) is 11.1. The molecule has 1 aliphatic rings. The van der Waals surface area contributed by atoms with Gasteiger partial charge in [-0.15, -0.1) is 0 Å². The number of carbonyl (C=O) groups excluding carboxylic acids is 1. The fourth-order valence-electron chi connectivity index (χ4n) is 1.98. The molecular formula is C13H17ClN2O2. The van der Waals surface area contributed by atoms with Crippen LogP contribution in [0.4, 0.5) is 5.69 Å². The quantitative estimate of drug-likeness (QED) is 0.881. The van der Waals surface area contributed by atoms with Gasteiger partial charge in [-0.1, -0.05) is 11.6 Å². The minimum absolute atomic E-state index is 0.180. The molecule has 0 radical (unpaired) electrons. The van der Waals surface area contributed by atoms with Crippen LogP contribution in [0.1, 0.15) is 23.2 Å². The van der Waals surface area contributed by atoms with E-state index in [1.165, 1.54) is 0 Å². The molecular weight excluding hydrogens is 252 g/mol. The van der Waals surface area contributed by atoms with Crippen LogP contribution in [0.5, 0.6) is 0 Å². The van der Waals surface area contributed by atoms with Gasteiger partial charge in [-0.25, -0.2) is 0 Å². The SMILES string of the molecule is CNC(=O)c1cc(NCC2CCCO2)ccc1Cl. The Balaban J connectivity index is 2.02. The standard InChI is InChI=1S/C13H17ClN2O2/c1-15-13(17)11-7-9(4-5-12(11)14)16-8-10-3-2-6-18-10/h4-5,7,10,16H,2-3,6,8H2,1H3,(H,15,17). The second-order valence-electron chi connectivity index (χ2n) is 4.29. The lowest BCUT2D eigenvalue weighted by atomic mass is 10.1. The van der Waals surface area contributed by atoms with E-state index in [4.69, 9.17) is 16.3 Å². The van der Waals surface area contributed by atoms with E-state index in [0.29, 0.717) is 10.6 Å². The molecule has 2 N–H and O–H groups in total. The van der Waals surface area contributed by atoms with Crippen LogP contribution < -0.4 is 10.6 Å². The zero-order chi connectivity index (χ0) is 13.0. The van der Waals surface area contributed by atoms with Gasteiger partial charge in [0.15, 0.2) is 0 Å². The molecule has 1 atom stereocenters. The topological polar surface area (TPSA) is 50.4 Å². The molecule has 1 amide bonds. The van der Waals surface area contributed by atoms with E-state index < -0.39 is 0 Å². The molecule has 5 heteroatoms. The van der Waals surface area contributed by atoms with Gasteiger partial charge >= 0.3 is 0 Å². The predicted molar refractivity (Wildman–Crippen MR) is 72.3 cm³/mol. The van der Waals surface area contributed by atoms with Gasteiger partial charge in [0.1, 0.15) is 0 Å². The van der Waals surface area contributed by atoms with Gasteiger partial charge in [0.25, 0.3) is 5.91 Å². The lowest BCUT2D eigenvalue weighted by Crippen LogP contribution is -2.20.